The third-order valence-electron chi connectivity index (χ3n) is 5.81. The van der Waals surface area contributed by atoms with Gasteiger partial charge in [0.25, 0.3) is 11.2 Å². The van der Waals surface area contributed by atoms with Crippen LogP contribution in [-0.4, -0.2) is 22.1 Å². The molecular weight excluding hydrogens is 466 g/mol. The molecule has 1 atom stereocenters. The Morgan fingerprint density at radius 3 is 2.60 bits per heavy atom. The molecule has 1 unspecified atom stereocenters. The molecule has 0 amide bonds. The van der Waals surface area contributed by atoms with Gasteiger partial charge in [-0.15, -0.1) is 0 Å². The van der Waals surface area contributed by atoms with Gasteiger partial charge in [-0.25, -0.2) is 9.79 Å². The molecule has 2 heterocycles. The number of benzene rings is 2. The van der Waals surface area contributed by atoms with E-state index >= 15 is 0 Å². The quantitative estimate of drug-likeness (QED) is 0.296. The predicted molar refractivity (Wildman–Crippen MR) is 134 cm³/mol. The van der Waals surface area contributed by atoms with Crippen molar-refractivity contribution in [3.05, 3.63) is 106 Å². The Morgan fingerprint density at radius 2 is 1.97 bits per heavy atom. The average Bonchev–Trinajstić information content (AvgIpc) is 3.13. The Labute approximate surface area is 205 Å². The monoisotopic (exact) mass is 491 g/mol. The first-order valence-corrected chi connectivity index (χ1v) is 12.1. The van der Waals surface area contributed by atoms with Gasteiger partial charge in [-0.05, 0) is 42.5 Å². The molecule has 1 aliphatic heterocycles. The fourth-order valence-corrected chi connectivity index (χ4v) is 5.09. The van der Waals surface area contributed by atoms with E-state index in [2.05, 4.69) is 18.8 Å². The van der Waals surface area contributed by atoms with Crippen molar-refractivity contribution in [3.8, 4) is 0 Å². The van der Waals surface area contributed by atoms with Gasteiger partial charge in [0.2, 0.25) is 0 Å². The van der Waals surface area contributed by atoms with Crippen LogP contribution in [0.15, 0.2) is 69.6 Å². The number of hydrogen-bond acceptors (Lipinski definition) is 7. The lowest BCUT2D eigenvalue weighted by molar-refractivity contribution is -0.384. The topological polar surface area (TPSA) is 104 Å². The van der Waals surface area contributed by atoms with Crippen molar-refractivity contribution >= 4 is 29.1 Å². The standard InChI is InChI=1S/C26H25N3O5S/c1-5-34-25(31)22-16(4)27-26-28(23(22)19-7-6-8-20(14-19)29(32)33)24(30)21(35-26)13-17-9-11-18(12-10-17)15(2)3/h6-15,23H,5H2,1-4H3/b21-13+. The molecule has 3 aromatic rings. The van der Waals surface area contributed by atoms with E-state index in [1.165, 1.54) is 39.7 Å². The number of ether oxygens (including phenoxy) is 1. The summed E-state index contributed by atoms with van der Waals surface area (Å²) < 4.78 is 7.14. The maximum atomic E-state index is 13.6. The number of non-ortho nitro benzene ring substituents is 1. The van der Waals surface area contributed by atoms with Gasteiger partial charge < -0.3 is 4.74 Å². The fraction of sp³-hybridized carbons (Fsp3) is 0.269. The summed E-state index contributed by atoms with van der Waals surface area (Å²) in [5, 5.41) is 11.4. The van der Waals surface area contributed by atoms with Gasteiger partial charge in [0.05, 0.1) is 33.4 Å². The summed E-state index contributed by atoms with van der Waals surface area (Å²) in [6.45, 7) is 7.75. The van der Waals surface area contributed by atoms with Crippen LogP contribution in [0.5, 0.6) is 0 Å². The van der Waals surface area contributed by atoms with Crippen molar-refractivity contribution in [1.29, 1.82) is 0 Å². The number of carbonyl (C=O) groups is 1. The molecule has 0 bridgehead atoms. The van der Waals surface area contributed by atoms with E-state index in [-0.39, 0.29) is 23.4 Å². The zero-order valence-electron chi connectivity index (χ0n) is 19.8. The highest BCUT2D eigenvalue weighted by atomic mass is 32.1. The van der Waals surface area contributed by atoms with Crippen LogP contribution in [-0.2, 0) is 9.53 Å². The highest BCUT2D eigenvalue weighted by molar-refractivity contribution is 7.07. The van der Waals surface area contributed by atoms with Crippen LogP contribution in [0, 0.1) is 10.1 Å². The zero-order valence-corrected chi connectivity index (χ0v) is 20.7. The van der Waals surface area contributed by atoms with E-state index < -0.39 is 16.9 Å². The first-order chi connectivity index (χ1) is 16.7. The van der Waals surface area contributed by atoms with Gasteiger partial charge in [0.1, 0.15) is 0 Å². The number of hydrogen-bond donors (Lipinski definition) is 0. The second-order valence-corrected chi connectivity index (χ2v) is 9.48. The number of allylic oxidation sites excluding steroid dienone is 1. The molecule has 180 valence electrons. The molecule has 0 fully saturated rings. The molecule has 8 nitrogen and oxygen atoms in total. The van der Waals surface area contributed by atoms with Crippen molar-refractivity contribution in [2.24, 2.45) is 4.99 Å². The Morgan fingerprint density at radius 1 is 1.26 bits per heavy atom. The van der Waals surface area contributed by atoms with Crippen molar-refractivity contribution in [3.63, 3.8) is 0 Å². The molecule has 4 rings (SSSR count). The summed E-state index contributed by atoms with van der Waals surface area (Å²) in [6.07, 6.45) is 1.79. The van der Waals surface area contributed by atoms with E-state index in [0.29, 0.717) is 26.5 Å². The minimum atomic E-state index is -0.893. The normalized spacial score (nSPS) is 15.7. The Balaban J connectivity index is 1.92. The lowest BCUT2D eigenvalue weighted by atomic mass is 9.95. The third kappa shape index (κ3) is 4.72. The number of aromatic nitrogens is 1. The molecule has 0 saturated carbocycles. The molecule has 35 heavy (non-hydrogen) atoms. The van der Waals surface area contributed by atoms with Crippen molar-refractivity contribution in [2.45, 2.75) is 39.7 Å². The SMILES string of the molecule is CCOC(=O)C1=C(C)N=c2s/c(=C/c3ccc(C(C)C)cc3)c(=O)n2C1c1cccc([N+](=O)[O-])c1. The molecule has 0 saturated heterocycles. The summed E-state index contributed by atoms with van der Waals surface area (Å²) in [4.78, 5) is 42.4. The van der Waals surface area contributed by atoms with Crippen molar-refractivity contribution in [1.82, 2.24) is 4.57 Å². The van der Waals surface area contributed by atoms with Gasteiger partial charge in [-0.2, -0.15) is 0 Å². The molecule has 0 spiro atoms. The average molecular weight is 492 g/mol. The van der Waals surface area contributed by atoms with Crippen molar-refractivity contribution in [2.75, 3.05) is 6.61 Å². The van der Waals surface area contributed by atoms with E-state index in [1.54, 1.807) is 26.0 Å². The number of thiazole rings is 1. The number of rotatable bonds is 6. The summed E-state index contributed by atoms with van der Waals surface area (Å²) in [5.74, 6) is -0.211. The zero-order chi connectivity index (χ0) is 25.3. The van der Waals surface area contributed by atoms with E-state index in [4.69, 9.17) is 4.74 Å². The number of nitro groups is 1. The third-order valence-corrected chi connectivity index (χ3v) is 6.80. The van der Waals surface area contributed by atoms with Crippen molar-refractivity contribution < 1.29 is 14.5 Å². The largest absolute Gasteiger partial charge is 0.463 e. The molecule has 0 aliphatic carbocycles. The molecule has 2 aromatic carbocycles. The van der Waals surface area contributed by atoms with Crippen LogP contribution in [0.25, 0.3) is 6.08 Å². The Hall–Kier alpha value is -3.85. The molecular formula is C26H25N3O5S. The maximum absolute atomic E-state index is 13.6. The lowest BCUT2D eigenvalue weighted by Crippen LogP contribution is -2.40. The predicted octanol–water partition coefficient (Wildman–Crippen LogP) is 3.83. The molecule has 0 radical (unpaired) electrons. The van der Waals surface area contributed by atoms with Crippen LogP contribution in [0.3, 0.4) is 0 Å². The molecule has 0 N–H and O–H groups in total. The summed E-state index contributed by atoms with van der Waals surface area (Å²) in [5.41, 5.74) is 2.64. The first kappa shape index (κ1) is 24.3. The van der Waals surface area contributed by atoms with Crippen LogP contribution in [0.2, 0.25) is 0 Å². The highest BCUT2D eigenvalue weighted by Crippen LogP contribution is 2.32. The number of esters is 1. The van der Waals surface area contributed by atoms with Gasteiger partial charge in [-0.3, -0.25) is 19.5 Å². The molecule has 1 aromatic heterocycles. The van der Waals surface area contributed by atoms with Gasteiger partial charge in [-0.1, -0.05) is 61.6 Å². The number of fused-ring (bicyclic) bond motifs is 1. The van der Waals surface area contributed by atoms with Gasteiger partial charge >= 0.3 is 5.97 Å². The van der Waals surface area contributed by atoms with Crippen LogP contribution in [0.1, 0.15) is 56.3 Å². The van der Waals surface area contributed by atoms with E-state index in [1.807, 2.05) is 24.3 Å². The smallest absolute Gasteiger partial charge is 0.338 e. The number of carbonyl (C=O) groups excluding carboxylic acids is 1. The van der Waals surface area contributed by atoms with Crippen LogP contribution < -0.4 is 14.9 Å². The second kappa shape index (κ2) is 9.79. The molecule has 1 aliphatic rings. The second-order valence-electron chi connectivity index (χ2n) is 8.48. The number of nitro benzene ring substituents is 1. The minimum absolute atomic E-state index is 0.132. The van der Waals surface area contributed by atoms with Gasteiger partial charge in [0, 0.05) is 12.1 Å². The fourth-order valence-electron chi connectivity index (χ4n) is 4.04. The summed E-state index contributed by atoms with van der Waals surface area (Å²) in [6, 6.07) is 13.0. The molecule has 9 heteroatoms. The summed E-state index contributed by atoms with van der Waals surface area (Å²) >= 11 is 1.22. The van der Waals surface area contributed by atoms with E-state index in [0.717, 1.165) is 5.56 Å². The highest BCUT2D eigenvalue weighted by Gasteiger charge is 2.34. The van der Waals surface area contributed by atoms with E-state index in [9.17, 15) is 19.7 Å². The first-order valence-electron chi connectivity index (χ1n) is 11.2. The minimum Gasteiger partial charge on any atom is -0.463 e. The van der Waals surface area contributed by atoms with Gasteiger partial charge in [0.15, 0.2) is 4.80 Å². The summed E-state index contributed by atoms with van der Waals surface area (Å²) in [7, 11) is 0. The Bertz CT molecular complexity index is 1510. The van der Waals surface area contributed by atoms with Crippen LogP contribution >= 0.6 is 11.3 Å². The maximum Gasteiger partial charge on any atom is 0.338 e. The lowest BCUT2D eigenvalue weighted by Gasteiger charge is -2.24. The number of nitrogens with zero attached hydrogens (tertiary/aromatic N) is 3. The van der Waals surface area contributed by atoms with Crippen LogP contribution in [0.4, 0.5) is 5.69 Å². The Kier molecular flexibility index (Phi) is 6.79.